The molecule has 9 heteroatoms. The Bertz CT molecular complexity index is 1840. The van der Waals surface area contributed by atoms with Crippen molar-refractivity contribution in [2.75, 3.05) is 13.7 Å². The molecule has 0 radical (unpaired) electrons. The van der Waals surface area contributed by atoms with Crippen molar-refractivity contribution in [2.45, 2.75) is 39.8 Å². The molecule has 1 aliphatic heterocycles. The van der Waals surface area contributed by atoms with Crippen molar-refractivity contribution in [3.63, 3.8) is 0 Å². The standard InChI is InChI=1S/C31H29ClN2O5S/c1-6-38-30(36)26-18(4)33-31-34(28(26)27-22-10-8-7-9-19(22)11-13-24(27)37-5)29(35)25(40-31)16-20-15-21(32)12-14-23(20)39-17(2)3/h7-17,28H,6H2,1-5H3/b25-16+/t28-/m0/s1. The molecule has 5 rings (SSSR count). The number of hydrogen-bond donors (Lipinski definition) is 0. The molecule has 206 valence electrons. The number of hydrogen-bond acceptors (Lipinski definition) is 7. The number of carbonyl (C=O) groups is 1. The Hall–Kier alpha value is -3.88. The minimum atomic E-state index is -0.816. The van der Waals surface area contributed by atoms with Gasteiger partial charge >= 0.3 is 5.97 Å². The second-order valence-corrected chi connectivity index (χ2v) is 11.0. The maximum absolute atomic E-state index is 14.2. The number of esters is 1. The lowest BCUT2D eigenvalue weighted by Gasteiger charge is -2.27. The van der Waals surface area contributed by atoms with Gasteiger partial charge in [0, 0.05) is 16.1 Å². The minimum Gasteiger partial charge on any atom is -0.496 e. The highest BCUT2D eigenvalue weighted by atomic mass is 35.5. The van der Waals surface area contributed by atoms with Crippen LogP contribution in [0, 0.1) is 0 Å². The molecule has 0 saturated carbocycles. The molecule has 0 unspecified atom stereocenters. The summed E-state index contributed by atoms with van der Waals surface area (Å²) in [5.74, 6) is 0.638. The smallest absolute Gasteiger partial charge is 0.338 e. The van der Waals surface area contributed by atoms with Crippen LogP contribution in [0.25, 0.3) is 16.8 Å². The molecule has 0 N–H and O–H groups in total. The zero-order valence-corrected chi connectivity index (χ0v) is 24.4. The van der Waals surface area contributed by atoms with Gasteiger partial charge in [0.2, 0.25) is 0 Å². The quantitative estimate of drug-likeness (QED) is 0.275. The maximum atomic E-state index is 14.2. The van der Waals surface area contributed by atoms with E-state index in [1.165, 1.54) is 11.3 Å². The average molecular weight is 577 g/mol. The van der Waals surface area contributed by atoms with Crippen molar-refractivity contribution < 1.29 is 19.0 Å². The van der Waals surface area contributed by atoms with E-state index in [0.29, 0.717) is 48.3 Å². The molecule has 40 heavy (non-hydrogen) atoms. The zero-order valence-electron chi connectivity index (χ0n) is 22.9. The van der Waals surface area contributed by atoms with Gasteiger partial charge in [-0.15, -0.1) is 0 Å². The van der Waals surface area contributed by atoms with Gasteiger partial charge < -0.3 is 14.2 Å². The number of rotatable bonds is 7. The van der Waals surface area contributed by atoms with Crippen molar-refractivity contribution in [3.05, 3.63) is 102 Å². The average Bonchev–Trinajstić information content (AvgIpc) is 3.22. The number of allylic oxidation sites excluding steroid dienone is 1. The van der Waals surface area contributed by atoms with Gasteiger partial charge in [-0.25, -0.2) is 9.79 Å². The van der Waals surface area contributed by atoms with Gasteiger partial charge in [0.05, 0.1) is 35.6 Å². The molecule has 0 amide bonds. The second kappa shape index (κ2) is 11.3. The van der Waals surface area contributed by atoms with E-state index in [0.717, 1.165) is 10.8 Å². The monoisotopic (exact) mass is 576 g/mol. The second-order valence-electron chi connectivity index (χ2n) is 9.55. The van der Waals surface area contributed by atoms with E-state index >= 15 is 0 Å². The zero-order chi connectivity index (χ0) is 28.6. The fourth-order valence-corrected chi connectivity index (χ4v) is 6.15. The number of fused-ring (bicyclic) bond motifs is 2. The predicted octanol–water partition coefficient (Wildman–Crippen LogP) is 5.40. The molecule has 0 saturated heterocycles. The van der Waals surface area contributed by atoms with E-state index in [1.54, 1.807) is 49.8 Å². The molecule has 0 spiro atoms. The molecule has 7 nitrogen and oxygen atoms in total. The summed E-state index contributed by atoms with van der Waals surface area (Å²) in [6.07, 6.45) is 1.69. The molecule has 0 aliphatic carbocycles. The van der Waals surface area contributed by atoms with Crippen molar-refractivity contribution >= 4 is 45.8 Å². The normalized spacial score (nSPS) is 15.3. The number of thiazole rings is 1. The first-order valence-electron chi connectivity index (χ1n) is 12.9. The first-order chi connectivity index (χ1) is 19.2. The van der Waals surface area contributed by atoms with Crippen LogP contribution in [0.2, 0.25) is 5.02 Å². The number of ether oxygens (including phenoxy) is 3. The van der Waals surface area contributed by atoms with Gasteiger partial charge in [0.1, 0.15) is 17.5 Å². The van der Waals surface area contributed by atoms with Gasteiger partial charge in [-0.2, -0.15) is 0 Å². The van der Waals surface area contributed by atoms with E-state index in [-0.39, 0.29) is 18.3 Å². The van der Waals surface area contributed by atoms with Gasteiger partial charge in [0.25, 0.3) is 5.56 Å². The highest BCUT2D eigenvalue weighted by Crippen LogP contribution is 2.40. The highest BCUT2D eigenvalue weighted by molar-refractivity contribution is 7.07. The lowest BCUT2D eigenvalue weighted by Crippen LogP contribution is -2.40. The number of benzene rings is 3. The number of nitrogens with zero attached hydrogens (tertiary/aromatic N) is 2. The highest BCUT2D eigenvalue weighted by Gasteiger charge is 2.36. The third-order valence-corrected chi connectivity index (χ3v) is 7.78. The summed E-state index contributed by atoms with van der Waals surface area (Å²) >= 11 is 7.55. The lowest BCUT2D eigenvalue weighted by molar-refractivity contribution is -0.139. The molecule has 3 aromatic carbocycles. The largest absolute Gasteiger partial charge is 0.496 e. The van der Waals surface area contributed by atoms with Crippen LogP contribution in [0.4, 0.5) is 0 Å². The molecule has 1 aromatic heterocycles. The van der Waals surface area contributed by atoms with Gasteiger partial charge in [-0.1, -0.05) is 53.3 Å². The van der Waals surface area contributed by atoms with Crippen LogP contribution in [0.3, 0.4) is 0 Å². The van der Waals surface area contributed by atoms with Crippen molar-refractivity contribution in [2.24, 2.45) is 4.99 Å². The van der Waals surface area contributed by atoms with Crippen molar-refractivity contribution in [3.8, 4) is 11.5 Å². The Morgan fingerprint density at radius 1 is 1.15 bits per heavy atom. The van der Waals surface area contributed by atoms with E-state index in [4.69, 9.17) is 30.8 Å². The van der Waals surface area contributed by atoms with Crippen LogP contribution >= 0.6 is 22.9 Å². The van der Waals surface area contributed by atoms with E-state index in [1.807, 2.05) is 50.2 Å². The summed E-state index contributed by atoms with van der Waals surface area (Å²) < 4.78 is 19.2. The molecule has 1 aliphatic rings. The summed E-state index contributed by atoms with van der Waals surface area (Å²) in [7, 11) is 1.58. The summed E-state index contributed by atoms with van der Waals surface area (Å²) in [6, 6.07) is 16.1. The van der Waals surface area contributed by atoms with Gasteiger partial charge in [-0.3, -0.25) is 9.36 Å². The number of carbonyl (C=O) groups excluding carboxylic acids is 1. The fourth-order valence-electron chi connectivity index (χ4n) is 4.93. The predicted molar refractivity (Wildman–Crippen MR) is 158 cm³/mol. The minimum absolute atomic E-state index is 0.0665. The summed E-state index contributed by atoms with van der Waals surface area (Å²) in [6.45, 7) is 7.57. The third kappa shape index (κ3) is 5.05. The van der Waals surface area contributed by atoms with E-state index in [2.05, 4.69) is 0 Å². The number of halogens is 1. The van der Waals surface area contributed by atoms with Gasteiger partial charge in [-0.05, 0) is 68.8 Å². The van der Waals surface area contributed by atoms with Crippen LogP contribution in [0.5, 0.6) is 11.5 Å². The van der Waals surface area contributed by atoms with Crippen molar-refractivity contribution in [1.82, 2.24) is 4.57 Å². The third-order valence-electron chi connectivity index (χ3n) is 6.56. The SMILES string of the molecule is CCOC(=O)C1=C(C)N=c2s/c(=C/c3cc(Cl)ccc3OC(C)C)c(=O)n2[C@@H]1c1c(OC)ccc2ccccc12. The summed E-state index contributed by atoms with van der Waals surface area (Å²) in [5.41, 5.74) is 1.85. The van der Waals surface area contributed by atoms with E-state index in [9.17, 15) is 9.59 Å². The van der Waals surface area contributed by atoms with Crippen molar-refractivity contribution in [1.29, 1.82) is 0 Å². The number of methoxy groups -OCH3 is 1. The molecule has 0 bridgehead atoms. The maximum Gasteiger partial charge on any atom is 0.338 e. The first-order valence-corrected chi connectivity index (χ1v) is 14.1. The van der Waals surface area contributed by atoms with Crippen LogP contribution in [-0.2, 0) is 9.53 Å². The van der Waals surface area contributed by atoms with E-state index < -0.39 is 12.0 Å². The Morgan fingerprint density at radius 2 is 1.90 bits per heavy atom. The number of aromatic nitrogens is 1. The molecular weight excluding hydrogens is 548 g/mol. The fraction of sp³-hybridized carbons (Fsp3) is 0.258. The Labute approximate surface area is 240 Å². The van der Waals surface area contributed by atoms with Crippen LogP contribution in [-0.4, -0.2) is 30.4 Å². The Balaban J connectivity index is 1.83. The Kier molecular flexibility index (Phi) is 7.83. The molecule has 2 heterocycles. The molecular formula is C31H29ClN2O5S. The van der Waals surface area contributed by atoms with Crippen LogP contribution in [0.15, 0.2) is 75.7 Å². The molecule has 4 aromatic rings. The van der Waals surface area contributed by atoms with Crippen LogP contribution < -0.4 is 24.4 Å². The Morgan fingerprint density at radius 3 is 2.62 bits per heavy atom. The summed E-state index contributed by atoms with van der Waals surface area (Å²) in [4.78, 5) is 32.7. The first kappa shape index (κ1) is 27.7. The lowest BCUT2D eigenvalue weighted by atomic mass is 9.90. The molecule has 1 atom stereocenters. The van der Waals surface area contributed by atoms with Gasteiger partial charge in [0.15, 0.2) is 4.80 Å². The van der Waals surface area contributed by atoms with Crippen LogP contribution in [0.1, 0.15) is 44.9 Å². The summed E-state index contributed by atoms with van der Waals surface area (Å²) in [5, 5.41) is 2.34. The topological polar surface area (TPSA) is 79.1 Å². The molecule has 0 fully saturated rings.